The Morgan fingerprint density at radius 1 is 1.19 bits per heavy atom. The van der Waals surface area contributed by atoms with Gasteiger partial charge in [0.15, 0.2) is 9.84 Å². The van der Waals surface area contributed by atoms with Crippen molar-refractivity contribution in [2.75, 3.05) is 11.6 Å². The van der Waals surface area contributed by atoms with Gasteiger partial charge >= 0.3 is 0 Å². The first-order valence-electron chi connectivity index (χ1n) is 7.81. The number of benzene rings is 2. The summed E-state index contributed by atoms with van der Waals surface area (Å²) in [7, 11) is -3.37. The van der Waals surface area contributed by atoms with Crippen LogP contribution in [0.1, 0.15) is 5.56 Å². The van der Waals surface area contributed by atoms with Crippen LogP contribution in [0.15, 0.2) is 58.4 Å². The number of para-hydroxylation sites is 1. The Morgan fingerprint density at radius 3 is 2.65 bits per heavy atom. The highest BCUT2D eigenvalue weighted by Crippen LogP contribution is 2.20. The molecule has 3 aromatic rings. The molecule has 3 rings (SSSR count). The number of nitrogens with one attached hydrogen (secondary N) is 1. The number of sulfone groups is 1. The van der Waals surface area contributed by atoms with Gasteiger partial charge in [0.25, 0.3) is 0 Å². The minimum absolute atomic E-state index is 0.108. The van der Waals surface area contributed by atoms with Crippen LogP contribution in [-0.2, 0) is 21.2 Å². The van der Waals surface area contributed by atoms with E-state index in [4.69, 9.17) is 0 Å². The second-order valence-electron chi connectivity index (χ2n) is 5.98. The van der Waals surface area contributed by atoms with Crippen molar-refractivity contribution in [3.8, 4) is 0 Å². The van der Waals surface area contributed by atoms with Crippen LogP contribution in [0.25, 0.3) is 10.9 Å². The minimum atomic E-state index is -3.37. The summed E-state index contributed by atoms with van der Waals surface area (Å²) >= 11 is 0. The molecule has 0 atom stereocenters. The molecule has 1 amide bonds. The van der Waals surface area contributed by atoms with Crippen molar-refractivity contribution in [1.29, 1.82) is 0 Å². The Kier molecular flexibility index (Phi) is 4.60. The average Bonchev–Trinajstić information content (AvgIpc) is 2.58. The molecule has 0 saturated heterocycles. The summed E-state index contributed by atoms with van der Waals surface area (Å²) in [6, 6.07) is 11.5. The topological polar surface area (TPSA) is 98.1 Å². The minimum Gasteiger partial charge on any atom is -0.324 e. The summed E-state index contributed by atoms with van der Waals surface area (Å²) in [5.74, 6) is -0.375. The molecule has 0 bridgehead atoms. The van der Waals surface area contributed by atoms with Crippen LogP contribution in [0, 0.1) is 6.92 Å². The van der Waals surface area contributed by atoms with Gasteiger partial charge in [-0.25, -0.2) is 8.42 Å². The SMILES string of the molecule is Cc1ccc(S(C)(=O)=O)cc1NC(=O)Cn1ncc(=O)c2ccccc21. The molecular weight excluding hydrogens is 354 g/mol. The molecule has 0 spiro atoms. The van der Waals surface area contributed by atoms with Crippen molar-refractivity contribution >= 4 is 32.3 Å². The molecule has 0 saturated carbocycles. The van der Waals surface area contributed by atoms with E-state index >= 15 is 0 Å². The number of carbonyl (C=O) groups excluding carboxylic acids is 1. The summed E-state index contributed by atoms with van der Waals surface area (Å²) in [5.41, 5.74) is 1.50. The number of aryl methyl sites for hydroxylation is 1. The van der Waals surface area contributed by atoms with Gasteiger partial charge in [0.1, 0.15) is 6.54 Å². The Bertz CT molecular complexity index is 1170. The molecule has 2 aromatic carbocycles. The van der Waals surface area contributed by atoms with Crippen molar-refractivity contribution in [2.45, 2.75) is 18.4 Å². The van der Waals surface area contributed by atoms with Crippen molar-refractivity contribution < 1.29 is 13.2 Å². The summed E-state index contributed by atoms with van der Waals surface area (Å²) in [6.45, 7) is 1.66. The van der Waals surface area contributed by atoms with Crippen molar-refractivity contribution in [3.63, 3.8) is 0 Å². The van der Waals surface area contributed by atoms with Gasteiger partial charge in [-0.15, -0.1) is 0 Å². The van der Waals surface area contributed by atoms with E-state index < -0.39 is 9.84 Å². The van der Waals surface area contributed by atoms with Gasteiger partial charge in [-0.3, -0.25) is 14.3 Å². The molecule has 8 heteroatoms. The van der Waals surface area contributed by atoms with Crippen molar-refractivity contribution in [1.82, 2.24) is 9.78 Å². The van der Waals surface area contributed by atoms with Crippen LogP contribution in [0.4, 0.5) is 5.69 Å². The summed E-state index contributed by atoms with van der Waals surface area (Å²) < 4.78 is 24.8. The lowest BCUT2D eigenvalue weighted by atomic mass is 10.2. The van der Waals surface area contributed by atoms with E-state index in [9.17, 15) is 18.0 Å². The molecule has 1 heterocycles. The zero-order chi connectivity index (χ0) is 18.9. The monoisotopic (exact) mass is 371 g/mol. The number of hydrogen-bond donors (Lipinski definition) is 1. The fraction of sp³-hybridized carbons (Fsp3) is 0.167. The van der Waals surface area contributed by atoms with Crippen LogP contribution in [-0.4, -0.2) is 30.4 Å². The van der Waals surface area contributed by atoms with Gasteiger partial charge in [0.2, 0.25) is 11.3 Å². The van der Waals surface area contributed by atoms with Crippen molar-refractivity contribution in [3.05, 3.63) is 64.4 Å². The van der Waals surface area contributed by atoms with Gasteiger partial charge in [0.05, 0.1) is 16.6 Å². The van der Waals surface area contributed by atoms with E-state index in [1.165, 1.54) is 23.0 Å². The largest absolute Gasteiger partial charge is 0.324 e. The van der Waals surface area contributed by atoms with E-state index in [2.05, 4.69) is 10.4 Å². The van der Waals surface area contributed by atoms with Crippen LogP contribution in [0.3, 0.4) is 0 Å². The van der Waals surface area contributed by atoms with Gasteiger partial charge in [-0.05, 0) is 36.8 Å². The fourth-order valence-corrected chi connectivity index (χ4v) is 3.23. The molecule has 0 aliphatic heterocycles. The third-order valence-electron chi connectivity index (χ3n) is 3.97. The second-order valence-corrected chi connectivity index (χ2v) is 8.00. The quantitative estimate of drug-likeness (QED) is 0.753. The zero-order valence-corrected chi connectivity index (χ0v) is 15.1. The number of carbonyl (C=O) groups is 1. The molecule has 1 aromatic heterocycles. The summed E-state index contributed by atoms with van der Waals surface area (Å²) in [5, 5.41) is 7.20. The lowest BCUT2D eigenvalue weighted by Gasteiger charge is -2.12. The number of nitrogens with zero attached hydrogens (tertiary/aromatic N) is 2. The smallest absolute Gasteiger partial charge is 0.246 e. The van der Waals surface area contributed by atoms with Crippen LogP contribution < -0.4 is 10.7 Å². The molecule has 0 fully saturated rings. The van der Waals surface area contributed by atoms with Gasteiger partial charge in [-0.2, -0.15) is 5.10 Å². The van der Waals surface area contributed by atoms with Gasteiger partial charge in [0, 0.05) is 17.3 Å². The predicted molar refractivity (Wildman–Crippen MR) is 98.9 cm³/mol. The Balaban J connectivity index is 1.89. The molecular formula is C18H17N3O4S. The lowest BCUT2D eigenvalue weighted by Crippen LogP contribution is -2.23. The Morgan fingerprint density at radius 2 is 1.92 bits per heavy atom. The number of aromatic nitrogens is 2. The Labute approximate surface area is 150 Å². The number of rotatable bonds is 4. The molecule has 134 valence electrons. The Hall–Kier alpha value is -3.00. The van der Waals surface area contributed by atoms with E-state index in [0.29, 0.717) is 16.6 Å². The standard InChI is InChI=1S/C18H17N3O4S/c1-12-7-8-13(26(2,24)25)9-15(12)20-18(23)11-21-16-6-4-3-5-14(16)17(22)10-19-21/h3-10H,11H2,1-2H3,(H,20,23). The fourth-order valence-electron chi connectivity index (χ4n) is 2.58. The van der Waals surface area contributed by atoms with E-state index in [0.717, 1.165) is 11.8 Å². The first-order valence-corrected chi connectivity index (χ1v) is 9.70. The first-order chi connectivity index (χ1) is 12.3. The van der Waals surface area contributed by atoms with Crippen molar-refractivity contribution in [2.24, 2.45) is 0 Å². The van der Waals surface area contributed by atoms with E-state index in [1.807, 2.05) is 0 Å². The molecule has 0 aliphatic carbocycles. The molecule has 7 nitrogen and oxygen atoms in total. The third kappa shape index (κ3) is 3.65. The number of fused-ring (bicyclic) bond motifs is 1. The van der Waals surface area contributed by atoms with Crippen LogP contribution >= 0.6 is 0 Å². The van der Waals surface area contributed by atoms with Gasteiger partial charge in [-0.1, -0.05) is 18.2 Å². The summed E-state index contributed by atoms with van der Waals surface area (Å²) in [6.07, 6.45) is 2.28. The lowest BCUT2D eigenvalue weighted by molar-refractivity contribution is -0.116. The third-order valence-corrected chi connectivity index (χ3v) is 5.08. The molecule has 26 heavy (non-hydrogen) atoms. The maximum absolute atomic E-state index is 12.4. The first kappa shape index (κ1) is 17.8. The van der Waals surface area contributed by atoms with Crippen LogP contribution in [0.5, 0.6) is 0 Å². The average molecular weight is 371 g/mol. The van der Waals surface area contributed by atoms with E-state index in [1.54, 1.807) is 37.3 Å². The maximum atomic E-state index is 12.4. The zero-order valence-electron chi connectivity index (χ0n) is 14.3. The predicted octanol–water partition coefficient (Wildman–Crippen LogP) is 1.75. The second kappa shape index (κ2) is 6.72. The number of hydrogen-bond acceptors (Lipinski definition) is 5. The number of amides is 1. The molecule has 0 aliphatic rings. The molecule has 0 unspecified atom stereocenters. The number of anilines is 1. The van der Waals surface area contributed by atoms with Gasteiger partial charge < -0.3 is 5.32 Å². The highest BCUT2D eigenvalue weighted by Gasteiger charge is 2.13. The maximum Gasteiger partial charge on any atom is 0.246 e. The molecule has 0 radical (unpaired) electrons. The normalized spacial score (nSPS) is 11.5. The summed E-state index contributed by atoms with van der Waals surface area (Å²) in [4.78, 5) is 24.4. The highest BCUT2D eigenvalue weighted by atomic mass is 32.2. The van der Waals surface area contributed by atoms with Crippen LogP contribution in [0.2, 0.25) is 0 Å². The van der Waals surface area contributed by atoms with E-state index in [-0.39, 0.29) is 22.8 Å². The highest BCUT2D eigenvalue weighted by molar-refractivity contribution is 7.90. The molecule has 1 N–H and O–H groups in total.